The Morgan fingerprint density at radius 3 is 2.00 bits per heavy atom. The Kier molecular flexibility index (Phi) is 9.66. The van der Waals surface area contributed by atoms with Crippen LogP contribution in [-0.4, -0.2) is 121 Å². The minimum absolute atomic E-state index is 0.130. The van der Waals surface area contributed by atoms with Crippen molar-refractivity contribution < 1.29 is 14.6 Å². The van der Waals surface area contributed by atoms with Crippen LogP contribution in [0.25, 0.3) is 38.2 Å². The highest BCUT2D eigenvalue weighted by molar-refractivity contribution is 6.18. The van der Waals surface area contributed by atoms with Crippen molar-refractivity contribution in [2.24, 2.45) is 16.8 Å². The van der Waals surface area contributed by atoms with Crippen LogP contribution in [0.4, 0.5) is 0 Å². The number of aromatic hydroxyl groups is 1. The number of allylic oxidation sites excluding steroid dienone is 4. The van der Waals surface area contributed by atoms with Crippen LogP contribution < -0.4 is 22.0 Å². The Balaban J connectivity index is 1.23. The van der Waals surface area contributed by atoms with Gasteiger partial charge in [0.1, 0.15) is 0 Å². The highest BCUT2D eigenvalue weighted by Gasteiger charge is 2.36. The number of morpholine rings is 2. The highest BCUT2D eigenvalue weighted by atomic mass is 16.5. The number of aromatic nitrogens is 2. The van der Waals surface area contributed by atoms with E-state index in [9.17, 15) is 19.5 Å². The number of hydrogen-bond donors (Lipinski definition) is 1. The van der Waals surface area contributed by atoms with Gasteiger partial charge in [0.25, 0.3) is 16.7 Å². The third-order valence-corrected chi connectivity index (χ3v) is 12.2. The van der Waals surface area contributed by atoms with Crippen molar-refractivity contribution in [2.45, 2.75) is 45.2 Å². The summed E-state index contributed by atoms with van der Waals surface area (Å²) in [4.78, 5) is 55.9. The lowest BCUT2D eigenvalue weighted by Crippen LogP contribution is -2.40. The van der Waals surface area contributed by atoms with Crippen LogP contribution in [0.3, 0.4) is 0 Å². The van der Waals surface area contributed by atoms with Gasteiger partial charge in [-0.15, -0.1) is 0 Å². The molecule has 2 unspecified atom stereocenters. The largest absolute Gasteiger partial charge is 0.494 e. The van der Waals surface area contributed by atoms with E-state index < -0.39 is 0 Å². The summed E-state index contributed by atoms with van der Waals surface area (Å²) < 4.78 is 13.9. The molecule has 53 heavy (non-hydrogen) atoms. The molecule has 0 amide bonds. The number of ether oxygens (including phenoxy) is 2. The van der Waals surface area contributed by atoms with Gasteiger partial charge in [-0.1, -0.05) is 18.2 Å². The molecular formula is C41H50N6O6. The normalized spacial score (nSPS) is 23.2. The van der Waals surface area contributed by atoms with Crippen LogP contribution in [0.1, 0.15) is 37.7 Å². The molecule has 280 valence electrons. The summed E-state index contributed by atoms with van der Waals surface area (Å²) in [6.45, 7) is 11.6. The molecule has 2 atom stereocenters. The van der Waals surface area contributed by atoms with Crippen molar-refractivity contribution >= 4 is 27.1 Å². The Bertz CT molecular complexity index is 2260. The first-order chi connectivity index (χ1) is 26.0. The van der Waals surface area contributed by atoms with Gasteiger partial charge < -0.3 is 19.5 Å². The van der Waals surface area contributed by atoms with Crippen molar-refractivity contribution in [2.75, 3.05) is 91.9 Å². The fourth-order valence-corrected chi connectivity index (χ4v) is 9.13. The molecule has 0 bridgehead atoms. The van der Waals surface area contributed by atoms with Gasteiger partial charge in [-0.25, -0.2) is 0 Å². The highest BCUT2D eigenvalue weighted by Crippen LogP contribution is 2.48. The first-order valence-electron chi connectivity index (χ1n) is 19.8. The summed E-state index contributed by atoms with van der Waals surface area (Å²) in [5, 5.41) is 14.3. The van der Waals surface area contributed by atoms with Crippen LogP contribution in [0, 0.1) is 11.8 Å². The van der Waals surface area contributed by atoms with Gasteiger partial charge in [0.15, 0.2) is 0 Å². The Labute approximate surface area is 308 Å². The van der Waals surface area contributed by atoms with Gasteiger partial charge in [0, 0.05) is 75.2 Å². The molecule has 3 aliphatic carbocycles. The monoisotopic (exact) mass is 722 g/mol. The van der Waals surface area contributed by atoms with Crippen LogP contribution in [0.5, 0.6) is 5.88 Å². The summed E-state index contributed by atoms with van der Waals surface area (Å²) in [6, 6.07) is 3.66. The predicted octanol–water partition coefficient (Wildman–Crippen LogP) is 2.39. The summed E-state index contributed by atoms with van der Waals surface area (Å²) in [5.74, 6) is 0.811. The number of hydrogen-bond acceptors (Lipinski definition) is 10. The van der Waals surface area contributed by atoms with E-state index in [2.05, 4.69) is 32.9 Å². The Morgan fingerprint density at radius 2 is 1.32 bits per heavy atom. The number of fused-ring (bicyclic) bond motifs is 1. The second-order valence-electron chi connectivity index (χ2n) is 15.5. The van der Waals surface area contributed by atoms with E-state index in [1.807, 2.05) is 6.07 Å². The second kappa shape index (κ2) is 14.7. The molecule has 1 aromatic carbocycles. The van der Waals surface area contributed by atoms with Crippen molar-refractivity contribution in [3.63, 3.8) is 0 Å². The van der Waals surface area contributed by atoms with Crippen LogP contribution in [0.2, 0.25) is 0 Å². The molecule has 4 fully saturated rings. The number of nitrogens with zero attached hydrogens (tertiary/aromatic N) is 6. The average Bonchev–Trinajstić information content (AvgIpc) is 3.78. The average molecular weight is 723 g/mol. The van der Waals surface area contributed by atoms with E-state index in [0.717, 1.165) is 70.9 Å². The lowest BCUT2D eigenvalue weighted by Gasteiger charge is -2.27. The zero-order valence-corrected chi connectivity index (χ0v) is 30.6. The minimum Gasteiger partial charge on any atom is -0.494 e. The number of pyridine rings is 2. The van der Waals surface area contributed by atoms with Crippen LogP contribution in [-0.2, 0) is 22.6 Å². The molecule has 0 spiro atoms. The van der Waals surface area contributed by atoms with E-state index in [0.29, 0.717) is 108 Å². The third kappa shape index (κ3) is 6.62. The summed E-state index contributed by atoms with van der Waals surface area (Å²) in [6.07, 6.45) is 11.3. The quantitative estimate of drug-likeness (QED) is 0.220. The molecule has 3 saturated heterocycles. The van der Waals surface area contributed by atoms with Gasteiger partial charge in [0.2, 0.25) is 5.88 Å². The number of benzene rings is 2. The van der Waals surface area contributed by atoms with E-state index in [-0.39, 0.29) is 29.1 Å². The van der Waals surface area contributed by atoms with Gasteiger partial charge in [-0.3, -0.25) is 38.3 Å². The maximum atomic E-state index is 14.7. The predicted molar refractivity (Wildman–Crippen MR) is 205 cm³/mol. The molecule has 2 aromatic rings. The fraction of sp³-hybridized carbons (Fsp3) is 0.561. The molecule has 7 aliphatic rings. The van der Waals surface area contributed by atoms with Gasteiger partial charge in [0.05, 0.1) is 54.7 Å². The third-order valence-electron chi connectivity index (χ3n) is 12.2. The zero-order chi connectivity index (χ0) is 36.1. The van der Waals surface area contributed by atoms with E-state index in [1.165, 1.54) is 22.0 Å². The first-order valence-corrected chi connectivity index (χ1v) is 19.8. The molecule has 12 heteroatoms. The molecule has 4 aliphatic heterocycles. The zero-order valence-electron chi connectivity index (χ0n) is 30.6. The lowest BCUT2D eigenvalue weighted by atomic mass is 9.85. The lowest BCUT2D eigenvalue weighted by molar-refractivity contribution is 0.0368. The Morgan fingerprint density at radius 1 is 0.679 bits per heavy atom. The van der Waals surface area contributed by atoms with Crippen LogP contribution >= 0.6 is 0 Å². The molecule has 1 N–H and O–H groups in total. The minimum atomic E-state index is -0.370. The van der Waals surface area contributed by atoms with E-state index >= 15 is 0 Å². The van der Waals surface area contributed by atoms with Crippen molar-refractivity contribution in [3.05, 3.63) is 72.3 Å². The first kappa shape index (κ1) is 34.8. The van der Waals surface area contributed by atoms with Gasteiger partial charge in [-0.05, 0) is 80.3 Å². The summed E-state index contributed by atoms with van der Waals surface area (Å²) in [5.41, 5.74) is 1.40. The molecule has 9 rings (SSSR count). The number of likely N-dealkylation sites (tertiary alicyclic amines) is 1. The smallest absolute Gasteiger partial charge is 0.263 e. The molecular weight excluding hydrogens is 672 g/mol. The van der Waals surface area contributed by atoms with E-state index in [1.54, 1.807) is 6.07 Å². The standard InChI is InChI=1S/C41H50N6O6/c48-38-31-25-30(28-6-5-27-23-29(27)24-28)36-34-32(39(49)46(40(36)50)12-3-10-44-15-19-52-20-16-44)26-33(42-7-14-43-8-1-2-9-43)37(35(31)34)41(51)47(38)13-4-11-45-17-21-53-22-18-45/h5-6,24-27,29,48H,1-4,7-23H2. The maximum Gasteiger partial charge on any atom is 0.263 e. The van der Waals surface area contributed by atoms with Crippen molar-refractivity contribution in [1.82, 2.24) is 23.8 Å². The molecule has 1 saturated carbocycles. The molecule has 1 aromatic heterocycles. The molecule has 0 radical (unpaired) electrons. The fourth-order valence-electron chi connectivity index (χ4n) is 9.13. The molecule has 5 heterocycles. The van der Waals surface area contributed by atoms with E-state index in [4.69, 9.17) is 14.5 Å². The summed E-state index contributed by atoms with van der Waals surface area (Å²) >= 11 is 0. The van der Waals surface area contributed by atoms with Crippen molar-refractivity contribution in [1.29, 1.82) is 0 Å². The van der Waals surface area contributed by atoms with Crippen molar-refractivity contribution in [3.8, 4) is 17.0 Å². The number of rotatable bonds is 12. The van der Waals surface area contributed by atoms with Gasteiger partial charge >= 0.3 is 0 Å². The summed E-state index contributed by atoms with van der Waals surface area (Å²) in [7, 11) is 0. The van der Waals surface area contributed by atoms with Crippen LogP contribution in [0.15, 0.2) is 49.7 Å². The van der Waals surface area contributed by atoms with Gasteiger partial charge in [-0.2, -0.15) is 0 Å². The molecule has 12 nitrogen and oxygen atoms in total. The Hall–Kier alpha value is -3.94. The maximum absolute atomic E-state index is 14.7. The topological polar surface area (TPSA) is 122 Å². The second-order valence-corrected chi connectivity index (χ2v) is 15.5. The SMILES string of the molecule is O=c1c2c(=NCCN3CCCC3)cc3c(=O)n(CCCN4CCOCC4)c(=O)c4c(C5=CC6CC6C=C5)cc(c(O)n1CCCN1CCOCC1)c2c4-3.